The van der Waals surface area contributed by atoms with Gasteiger partial charge >= 0.3 is 0 Å². The fraction of sp³-hybridized carbons (Fsp3) is 0.333. The first-order chi connectivity index (χ1) is 10.1. The van der Waals surface area contributed by atoms with Gasteiger partial charge in [-0.2, -0.15) is 5.10 Å². The molecule has 21 heavy (non-hydrogen) atoms. The van der Waals surface area contributed by atoms with Gasteiger partial charge < -0.3 is 5.32 Å². The van der Waals surface area contributed by atoms with Crippen LogP contribution >= 0.6 is 23.4 Å². The highest BCUT2D eigenvalue weighted by atomic mass is 35.5. The lowest BCUT2D eigenvalue weighted by molar-refractivity contribution is -0.121. The molecule has 0 aliphatic rings. The van der Waals surface area contributed by atoms with Crippen molar-refractivity contribution in [3.05, 3.63) is 47.2 Å². The molecule has 0 saturated carbocycles. The van der Waals surface area contributed by atoms with Crippen LogP contribution in [0.1, 0.15) is 31.4 Å². The number of aromatic amines is 1. The average Bonchev–Trinajstić information content (AvgIpc) is 3.00. The second-order valence-electron chi connectivity index (χ2n) is 4.73. The zero-order valence-electron chi connectivity index (χ0n) is 11.8. The number of amides is 1. The van der Waals surface area contributed by atoms with Crippen molar-refractivity contribution < 1.29 is 4.79 Å². The minimum Gasteiger partial charge on any atom is -0.349 e. The van der Waals surface area contributed by atoms with E-state index in [9.17, 15) is 4.79 Å². The van der Waals surface area contributed by atoms with E-state index in [4.69, 9.17) is 11.6 Å². The summed E-state index contributed by atoms with van der Waals surface area (Å²) in [5.74, 6) is 0.982. The summed E-state index contributed by atoms with van der Waals surface area (Å²) in [4.78, 5) is 13.0. The predicted molar refractivity (Wildman–Crippen MR) is 86.6 cm³/mol. The van der Waals surface area contributed by atoms with E-state index < -0.39 is 0 Å². The van der Waals surface area contributed by atoms with E-state index in [-0.39, 0.29) is 11.9 Å². The second-order valence-corrected chi connectivity index (χ2v) is 6.33. The van der Waals surface area contributed by atoms with Gasteiger partial charge in [0.05, 0.1) is 12.2 Å². The summed E-state index contributed by atoms with van der Waals surface area (Å²) in [6.07, 6.45) is 4.89. The Kier molecular flexibility index (Phi) is 6.14. The van der Waals surface area contributed by atoms with Gasteiger partial charge in [0, 0.05) is 28.1 Å². The number of nitrogens with one attached hydrogen (secondary N) is 2. The number of rotatable bonds is 7. The minimum atomic E-state index is -0.0137. The third-order valence-electron chi connectivity index (χ3n) is 3.03. The number of thioether (sulfide) groups is 1. The molecule has 1 unspecified atom stereocenters. The van der Waals surface area contributed by atoms with Gasteiger partial charge in [-0.25, -0.2) is 0 Å². The molecule has 1 heterocycles. The van der Waals surface area contributed by atoms with Gasteiger partial charge in [0.2, 0.25) is 5.91 Å². The Labute approximate surface area is 133 Å². The zero-order valence-corrected chi connectivity index (χ0v) is 13.4. The fourth-order valence-electron chi connectivity index (χ4n) is 1.85. The number of benzene rings is 1. The molecule has 112 valence electrons. The topological polar surface area (TPSA) is 57.8 Å². The quantitative estimate of drug-likeness (QED) is 0.601. The molecule has 0 aliphatic heterocycles. The Balaban J connectivity index is 1.64. The molecule has 2 aromatic rings. The lowest BCUT2D eigenvalue weighted by Crippen LogP contribution is -2.26. The summed E-state index contributed by atoms with van der Waals surface area (Å²) in [5.41, 5.74) is 0.985. The maximum atomic E-state index is 11.8. The molecular formula is C15H18ClN3OS. The highest BCUT2D eigenvalue weighted by molar-refractivity contribution is 7.99. The van der Waals surface area contributed by atoms with Crippen molar-refractivity contribution in [2.45, 2.75) is 30.7 Å². The summed E-state index contributed by atoms with van der Waals surface area (Å²) in [7, 11) is 0. The van der Waals surface area contributed by atoms with Crippen molar-refractivity contribution in [2.75, 3.05) is 5.75 Å². The first-order valence-corrected chi connectivity index (χ1v) is 8.18. The van der Waals surface area contributed by atoms with Crippen LogP contribution in [0.25, 0.3) is 0 Å². The van der Waals surface area contributed by atoms with Crippen LogP contribution in [0.15, 0.2) is 41.6 Å². The lowest BCUT2D eigenvalue weighted by atomic mass is 10.2. The van der Waals surface area contributed by atoms with Crippen LogP contribution in [0.5, 0.6) is 0 Å². The van der Waals surface area contributed by atoms with Crippen LogP contribution in [-0.2, 0) is 4.79 Å². The number of halogens is 1. The van der Waals surface area contributed by atoms with Crippen LogP contribution < -0.4 is 5.32 Å². The van der Waals surface area contributed by atoms with Crippen LogP contribution in [0.3, 0.4) is 0 Å². The second kappa shape index (κ2) is 8.10. The largest absolute Gasteiger partial charge is 0.349 e. The summed E-state index contributed by atoms with van der Waals surface area (Å²) >= 11 is 7.57. The number of carbonyl (C=O) groups excluding carboxylic acids is 1. The van der Waals surface area contributed by atoms with E-state index in [1.165, 1.54) is 4.90 Å². The summed E-state index contributed by atoms with van der Waals surface area (Å²) < 4.78 is 0. The number of carbonyl (C=O) groups is 1. The maximum Gasteiger partial charge on any atom is 0.220 e. The molecule has 0 saturated heterocycles. The van der Waals surface area contributed by atoms with Gasteiger partial charge in [-0.3, -0.25) is 9.89 Å². The fourth-order valence-corrected chi connectivity index (χ4v) is 2.83. The Bertz CT molecular complexity index is 557. The monoisotopic (exact) mass is 323 g/mol. The third kappa shape index (κ3) is 5.44. The molecule has 6 heteroatoms. The van der Waals surface area contributed by atoms with Crippen LogP contribution in [0.2, 0.25) is 5.02 Å². The van der Waals surface area contributed by atoms with Crippen molar-refractivity contribution in [3.63, 3.8) is 0 Å². The van der Waals surface area contributed by atoms with Crippen molar-refractivity contribution in [1.29, 1.82) is 0 Å². The number of nitrogens with zero attached hydrogens (tertiary/aromatic N) is 1. The van der Waals surface area contributed by atoms with Crippen LogP contribution in [0, 0.1) is 0 Å². The summed E-state index contributed by atoms with van der Waals surface area (Å²) in [6, 6.07) is 7.73. The zero-order chi connectivity index (χ0) is 15.1. The molecule has 0 bridgehead atoms. The minimum absolute atomic E-state index is 0.0137. The van der Waals surface area contributed by atoms with Crippen molar-refractivity contribution in [2.24, 2.45) is 0 Å². The molecule has 4 nitrogen and oxygen atoms in total. The molecule has 0 radical (unpaired) electrons. The normalized spacial score (nSPS) is 12.1. The summed E-state index contributed by atoms with van der Waals surface area (Å²) in [5, 5.41) is 10.3. The van der Waals surface area contributed by atoms with E-state index in [1.807, 2.05) is 31.2 Å². The average molecular weight is 324 g/mol. The van der Waals surface area contributed by atoms with E-state index in [0.717, 1.165) is 22.8 Å². The Morgan fingerprint density at radius 1 is 1.43 bits per heavy atom. The van der Waals surface area contributed by atoms with Crippen LogP contribution in [0.4, 0.5) is 0 Å². The van der Waals surface area contributed by atoms with E-state index >= 15 is 0 Å². The third-order valence-corrected chi connectivity index (χ3v) is 4.38. The SMILES string of the molecule is CC(NC(=O)CCCSc1ccc(Cl)cc1)c1cn[nH]c1. The molecule has 0 spiro atoms. The highest BCUT2D eigenvalue weighted by Gasteiger charge is 2.09. The molecule has 1 atom stereocenters. The molecule has 0 aliphatic carbocycles. The van der Waals surface area contributed by atoms with Gasteiger partial charge in [-0.05, 0) is 43.4 Å². The van der Waals surface area contributed by atoms with Gasteiger partial charge in [0.1, 0.15) is 0 Å². The van der Waals surface area contributed by atoms with Gasteiger partial charge in [-0.15, -0.1) is 11.8 Å². The molecule has 1 amide bonds. The summed E-state index contributed by atoms with van der Waals surface area (Å²) in [6.45, 7) is 1.95. The molecule has 2 rings (SSSR count). The Morgan fingerprint density at radius 2 is 2.19 bits per heavy atom. The van der Waals surface area contributed by atoms with Gasteiger partial charge in [0.25, 0.3) is 0 Å². The Morgan fingerprint density at radius 3 is 2.86 bits per heavy atom. The van der Waals surface area contributed by atoms with Crippen molar-refractivity contribution in [1.82, 2.24) is 15.5 Å². The van der Waals surface area contributed by atoms with Gasteiger partial charge in [-0.1, -0.05) is 11.6 Å². The molecule has 1 aromatic carbocycles. The van der Waals surface area contributed by atoms with Crippen molar-refractivity contribution >= 4 is 29.3 Å². The number of hydrogen-bond donors (Lipinski definition) is 2. The smallest absolute Gasteiger partial charge is 0.220 e. The Hall–Kier alpha value is -1.46. The first-order valence-electron chi connectivity index (χ1n) is 6.81. The standard InChI is InChI=1S/C15H18ClN3OS/c1-11(12-9-17-18-10-12)19-15(20)3-2-8-21-14-6-4-13(16)5-7-14/h4-7,9-11H,2-3,8H2,1H3,(H,17,18)(H,19,20). The lowest BCUT2D eigenvalue weighted by Gasteiger charge is -2.11. The van der Waals surface area contributed by atoms with E-state index in [2.05, 4.69) is 15.5 Å². The molecule has 0 fully saturated rings. The molecular weight excluding hydrogens is 306 g/mol. The maximum absolute atomic E-state index is 11.8. The van der Waals surface area contributed by atoms with E-state index in [1.54, 1.807) is 24.2 Å². The molecule has 1 aromatic heterocycles. The first kappa shape index (κ1) is 15.9. The molecule has 2 N–H and O–H groups in total. The number of hydrogen-bond acceptors (Lipinski definition) is 3. The van der Waals surface area contributed by atoms with Crippen LogP contribution in [-0.4, -0.2) is 21.9 Å². The number of aromatic nitrogens is 2. The number of H-pyrrole nitrogens is 1. The highest BCUT2D eigenvalue weighted by Crippen LogP contribution is 2.21. The predicted octanol–water partition coefficient (Wildman–Crippen LogP) is 3.81. The van der Waals surface area contributed by atoms with E-state index in [0.29, 0.717) is 6.42 Å². The van der Waals surface area contributed by atoms with Gasteiger partial charge in [0.15, 0.2) is 0 Å². The van der Waals surface area contributed by atoms with Crippen molar-refractivity contribution in [3.8, 4) is 0 Å².